The molecule has 0 spiro atoms. The highest BCUT2D eigenvalue weighted by molar-refractivity contribution is 6.10. The van der Waals surface area contributed by atoms with Crippen LogP contribution >= 0.6 is 0 Å². The van der Waals surface area contributed by atoms with E-state index in [2.05, 4.69) is 0 Å². The molecule has 1 aliphatic heterocycles. The number of ether oxygens (including phenoxy) is 1. The Morgan fingerprint density at radius 2 is 1.95 bits per heavy atom. The van der Waals surface area contributed by atoms with E-state index >= 15 is 0 Å². The molecule has 0 saturated heterocycles. The smallest absolute Gasteiger partial charge is 0.261 e. The maximum Gasteiger partial charge on any atom is 0.261 e. The number of carbonyl (C=O) groups excluding carboxylic acids is 1. The lowest BCUT2D eigenvalue weighted by atomic mass is 10.1. The maximum absolute atomic E-state index is 12.3. The van der Waals surface area contributed by atoms with E-state index < -0.39 is 6.23 Å². The van der Waals surface area contributed by atoms with Crippen LogP contribution in [0.3, 0.4) is 0 Å². The number of hydrogen-bond acceptors (Lipinski definition) is 3. The van der Waals surface area contributed by atoms with Crippen LogP contribution in [0.15, 0.2) is 48.5 Å². The van der Waals surface area contributed by atoms with Crippen LogP contribution in [0.2, 0.25) is 0 Å². The van der Waals surface area contributed by atoms with Crippen molar-refractivity contribution in [1.82, 2.24) is 0 Å². The number of aliphatic hydroxyl groups is 1. The zero-order valence-corrected chi connectivity index (χ0v) is 10.4. The summed E-state index contributed by atoms with van der Waals surface area (Å²) in [5.41, 5.74) is 1.79. The largest absolute Gasteiger partial charge is 0.497 e. The van der Waals surface area contributed by atoms with Crippen LogP contribution in [0, 0.1) is 0 Å². The second-order valence-corrected chi connectivity index (χ2v) is 4.34. The molecule has 1 amide bonds. The van der Waals surface area contributed by atoms with E-state index in [1.807, 2.05) is 6.07 Å². The van der Waals surface area contributed by atoms with Crippen molar-refractivity contribution in [1.29, 1.82) is 0 Å². The first kappa shape index (κ1) is 11.7. The van der Waals surface area contributed by atoms with E-state index in [1.54, 1.807) is 49.6 Å². The third-order valence-electron chi connectivity index (χ3n) is 3.26. The fraction of sp³-hybridized carbons (Fsp3) is 0.133. The van der Waals surface area contributed by atoms with Crippen LogP contribution in [0.4, 0.5) is 5.69 Å². The molecule has 1 aliphatic rings. The first-order valence-corrected chi connectivity index (χ1v) is 5.97. The van der Waals surface area contributed by atoms with Gasteiger partial charge in [-0.1, -0.05) is 24.3 Å². The van der Waals surface area contributed by atoms with Gasteiger partial charge in [-0.2, -0.15) is 0 Å². The molecule has 2 aromatic rings. The summed E-state index contributed by atoms with van der Waals surface area (Å²) in [6.45, 7) is 0. The van der Waals surface area contributed by atoms with Crippen molar-refractivity contribution < 1.29 is 14.6 Å². The topological polar surface area (TPSA) is 49.8 Å². The first-order chi connectivity index (χ1) is 9.22. The molecule has 2 aromatic carbocycles. The summed E-state index contributed by atoms with van der Waals surface area (Å²) in [4.78, 5) is 13.7. The first-order valence-electron chi connectivity index (χ1n) is 5.97. The summed E-state index contributed by atoms with van der Waals surface area (Å²) in [6, 6.07) is 14.2. The molecule has 4 nitrogen and oxygen atoms in total. The van der Waals surface area contributed by atoms with Crippen molar-refractivity contribution in [2.24, 2.45) is 0 Å². The SMILES string of the molecule is COc1cccc(N2C(=O)c3ccccc3C2O)c1. The van der Waals surface area contributed by atoms with Crippen molar-refractivity contribution in [2.45, 2.75) is 6.23 Å². The molecule has 0 aromatic heterocycles. The second kappa shape index (κ2) is 4.40. The van der Waals surface area contributed by atoms with Gasteiger partial charge in [0, 0.05) is 17.2 Å². The highest BCUT2D eigenvalue weighted by Crippen LogP contribution is 2.36. The van der Waals surface area contributed by atoms with Crippen molar-refractivity contribution in [2.75, 3.05) is 12.0 Å². The quantitative estimate of drug-likeness (QED) is 0.896. The Morgan fingerprint density at radius 3 is 2.68 bits per heavy atom. The van der Waals surface area contributed by atoms with Gasteiger partial charge in [0.1, 0.15) is 5.75 Å². The van der Waals surface area contributed by atoms with E-state index in [1.165, 1.54) is 4.90 Å². The van der Waals surface area contributed by atoms with Gasteiger partial charge in [0.2, 0.25) is 0 Å². The van der Waals surface area contributed by atoms with Crippen molar-refractivity contribution in [3.63, 3.8) is 0 Å². The second-order valence-electron chi connectivity index (χ2n) is 4.34. The zero-order valence-electron chi connectivity index (χ0n) is 10.4. The predicted molar refractivity (Wildman–Crippen MR) is 71.2 cm³/mol. The molecular weight excluding hydrogens is 242 g/mol. The number of amides is 1. The molecule has 3 rings (SSSR count). The number of rotatable bonds is 2. The van der Waals surface area contributed by atoms with Crippen LogP contribution in [-0.4, -0.2) is 18.1 Å². The molecule has 19 heavy (non-hydrogen) atoms. The number of fused-ring (bicyclic) bond motifs is 1. The Bertz CT molecular complexity index is 639. The average Bonchev–Trinajstić information content (AvgIpc) is 2.72. The van der Waals surface area contributed by atoms with E-state index in [-0.39, 0.29) is 5.91 Å². The van der Waals surface area contributed by atoms with Gasteiger partial charge in [-0.25, -0.2) is 0 Å². The summed E-state index contributed by atoms with van der Waals surface area (Å²) < 4.78 is 5.14. The van der Waals surface area contributed by atoms with Gasteiger partial charge in [0.25, 0.3) is 5.91 Å². The number of carbonyl (C=O) groups is 1. The number of anilines is 1. The lowest BCUT2D eigenvalue weighted by molar-refractivity contribution is 0.0935. The fourth-order valence-electron chi connectivity index (χ4n) is 2.32. The Balaban J connectivity index is 2.06. The number of methoxy groups -OCH3 is 1. The van der Waals surface area contributed by atoms with Crippen molar-refractivity contribution >= 4 is 11.6 Å². The van der Waals surface area contributed by atoms with Crippen LogP contribution in [0.1, 0.15) is 22.1 Å². The van der Waals surface area contributed by atoms with Gasteiger partial charge in [-0.05, 0) is 18.2 Å². The summed E-state index contributed by atoms with van der Waals surface area (Å²) in [5, 5.41) is 10.3. The molecule has 1 atom stereocenters. The van der Waals surface area contributed by atoms with Gasteiger partial charge in [0.15, 0.2) is 6.23 Å². The van der Waals surface area contributed by atoms with E-state index in [9.17, 15) is 9.90 Å². The molecule has 0 bridgehead atoms. The Kier molecular flexibility index (Phi) is 2.72. The monoisotopic (exact) mass is 255 g/mol. The lowest BCUT2D eigenvalue weighted by Crippen LogP contribution is -2.27. The minimum absolute atomic E-state index is 0.198. The third-order valence-corrected chi connectivity index (χ3v) is 3.26. The van der Waals surface area contributed by atoms with Crippen molar-refractivity contribution in [3.8, 4) is 5.75 Å². The third kappa shape index (κ3) is 1.77. The predicted octanol–water partition coefficient (Wildman–Crippen LogP) is 2.35. The zero-order chi connectivity index (χ0) is 13.4. The molecule has 4 heteroatoms. The maximum atomic E-state index is 12.3. The molecule has 0 saturated carbocycles. The molecule has 1 heterocycles. The van der Waals surface area contributed by atoms with Crippen LogP contribution in [0.25, 0.3) is 0 Å². The minimum atomic E-state index is -0.948. The summed E-state index contributed by atoms with van der Waals surface area (Å²) >= 11 is 0. The summed E-state index contributed by atoms with van der Waals surface area (Å²) in [6.07, 6.45) is -0.948. The standard InChI is InChI=1S/C15H13NO3/c1-19-11-6-4-5-10(9-11)16-14(17)12-7-2-3-8-13(12)15(16)18/h2-9,14,17H,1H3. The van der Waals surface area contributed by atoms with E-state index in [0.29, 0.717) is 22.6 Å². The normalized spacial score (nSPS) is 17.5. The molecule has 0 fully saturated rings. The Hall–Kier alpha value is -2.33. The van der Waals surface area contributed by atoms with Gasteiger partial charge >= 0.3 is 0 Å². The summed E-state index contributed by atoms with van der Waals surface area (Å²) in [7, 11) is 1.57. The molecule has 1 unspecified atom stereocenters. The van der Waals surface area contributed by atoms with Crippen LogP contribution in [-0.2, 0) is 0 Å². The van der Waals surface area contributed by atoms with E-state index in [0.717, 1.165) is 0 Å². The van der Waals surface area contributed by atoms with Crippen LogP contribution in [0.5, 0.6) is 5.75 Å². The molecule has 96 valence electrons. The lowest BCUT2D eigenvalue weighted by Gasteiger charge is -2.21. The number of nitrogens with zero attached hydrogens (tertiary/aromatic N) is 1. The fourth-order valence-corrected chi connectivity index (χ4v) is 2.32. The molecule has 1 N–H and O–H groups in total. The van der Waals surface area contributed by atoms with Crippen molar-refractivity contribution in [3.05, 3.63) is 59.7 Å². The van der Waals surface area contributed by atoms with Gasteiger partial charge < -0.3 is 9.84 Å². The van der Waals surface area contributed by atoms with E-state index in [4.69, 9.17) is 4.74 Å². The molecule has 0 aliphatic carbocycles. The number of hydrogen-bond donors (Lipinski definition) is 1. The minimum Gasteiger partial charge on any atom is -0.497 e. The Labute approximate surface area is 110 Å². The molecule has 0 radical (unpaired) electrons. The molecular formula is C15H13NO3. The number of benzene rings is 2. The highest BCUT2D eigenvalue weighted by atomic mass is 16.5. The summed E-state index contributed by atoms with van der Waals surface area (Å²) in [5.74, 6) is 0.449. The Morgan fingerprint density at radius 1 is 1.16 bits per heavy atom. The average molecular weight is 255 g/mol. The highest BCUT2D eigenvalue weighted by Gasteiger charge is 2.36. The van der Waals surface area contributed by atoms with Gasteiger partial charge in [-0.3, -0.25) is 9.69 Å². The van der Waals surface area contributed by atoms with Gasteiger partial charge in [-0.15, -0.1) is 0 Å². The van der Waals surface area contributed by atoms with Gasteiger partial charge in [0.05, 0.1) is 12.8 Å². The van der Waals surface area contributed by atoms with Crippen LogP contribution < -0.4 is 9.64 Å². The number of aliphatic hydroxyl groups excluding tert-OH is 1.